The second kappa shape index (κ2) is 39.2. The molecule has 7 amide bonds. The number of ether oxygens (including phenoxy) is 12. The van der Waals surface area contributed by atoms with Gasteiger partial charge in [-0.1, -0.05) is 30.3 Å². The zero-order chi connectivity index (χ0) is 60.2. The number of rotatable bonds is 42. The number of hydrogen-bond acceptors (Lipinski definition) is 22. The molecule has 0 unspecified atom stereocenters. The van der Waals surface area contributed by atoms with Gasteiger partial charge in [0.05, 0.1) is 165 Å². The fraction of sp³-hybridized carbons (Fsp3) is 0.625. The SMILES string of the molecule is CCCOCCOCCOCCn1cc(-c2cccc(NC(=O)N3CCC4(CC3)NC(=O)N(c3cccc5nccn35)C4=O)c2)nn1.COCCOCCOCCOCCOCCOCCOCCOCCOCCC(=O)ON1C(=O)CCC1=O. The molecule has 3 saturated heterocycles. The molecular formula is C56H82N10O19. The zero-order valence-electron chi connectivity index (χ0n) is 48.7. The molecule has 0 aliphatic carbocycles. The molecule has 4 aromatic rings. The third-order valence-corrected chi connectivity index (χ3v) is 12.9. The minimum atomic E-state index is -1.06. The van der Waals surface area contributed by atoms with Crippen LogP contribution in [0.3, 0.4) is 0 Å². The number of imide groups is 2. The van der Waals surface area contributed by atoms with E-state index in [1.165, 1.54) is 4.90 Å². The summed E-state index contributed by atoms with van der Waals surface area (Å²) in [5, 5.41) is 14.8. The van der Waals surface area contributed by atoms with Crippen molar-refractivity contribution in [2.75, 3.05) is 182 Å². The summed E-state index contributed by atoms with van der Waals surface area (Å²) in [6.07, 6.45) is 6.82. The number of hydrogen-bond donors (Lipinski definition) is 2. The van der Waals surface area contributed by atoms with Crippen LogP contribution in [0.2, 0.25) is 0 Å². The van der Waals surface area contributed by atoms with Crippen molar-refractivity contribution in [3.05, 3.63) is 61.1 Å². The van der Waals surface area contributed by atoms with Crippen LogP contribution in [-0.2, 0) is 87.4 Å². The summed E-state index contributed by atoms with van der Waals surface area (Å²) in [6.45, 7) is 14.2. The van der Waals surface area contributed by atoms with Crippen molar-refractivity contribution < 1.29 is 90.4 Å². The summed E-state index contributed by atoms with van der Waals surface area (Å²) in [4.78, 5) is 85.9. The lowest BCUT2D eigenvalue weighted by Gasteiger charge is -2.37. The van der Waals surface area contributed by atoms with Gasteiger partial charge in [0, 0.05) is 63.3 Å². The van der Waals surface area contributed by atoms with Crippen LogP contribution in [0.15, 0.2) is 61.1 Å². The summed E-state index contributed by atoms with van der Waals surface area (Å²) in [6, 6.07) is 11.9. The van der Waals surface area contributed by atoms with E-state index in [1.54, 1.807) is 57.8 Å². The van der Waals surface area contributed by atoms with Gasteiger partial charge in [0.1, 0.15) is 22.7 Å². The molecule has 0 radical (unpaired) electrons. The molecule has 3 aliphatic heterocycles. The molecule has 3 fully saturated rings. The number of carbonyl (C=O) groups is 6. The Morgan fingerprint density at radius 2 is 1.15 bits per heavy atom. The summed E-state index contributed by atoms with van der Waals surface area (Å²) < 4.78 is 67.7. The molecule has 3 aromatic heterocycles. The topological polar surface area (TPSA) is 304 Å². The van der Waals surface area contributed by atoms with E-state index in [0.29, 0.717) is 199 Å². The molecule has 1 spiro atoms. The number of methoxy groups -OCH3 is 1. The van der Waals surface area contributed by atoms with Crippen molar-refractivity contribution in [2.24, 2.45) is 0 Å². The Labute approximate surface area is 493 Å². The van der Waals surface area contributed by atoms with Crippen LogP contribution < -0.4 is 15.5 Å². The number of anilines is 2. The van der Waals surface area contributed by atoms with Gasteiger partial charge in [0.2, 0.25) is 0 Å². The monoisotopic (exact) mass is 1200 g/mol. The van der Waals surface area contributed by atoms with Gasteiger partial charge in [0.15, 0.2) is 0 Å². The number of fused-ring (bicyclic) bond motifs is 1. The lowest BCUT2D eigenvalue weighted by molar-refractivity contribution is -0.198. The number of nitrogens with one attached hydrogen (secondary N) is 2. The fourth-order valence-electron chi connectivity index (χ4n) is 8.46. The van der Waals surface area contributed by atoms with Crippen molar-refractivity contribution in [3.63, 3.8) is 0 Å². The Balaban J connectivity index is 0.000000280. The van der Waals surface area contributed by atoms with Gasteiger partial charge in [-0.15, -0.1) is 10.2 Å². The molecule has 0 atom stereocenters. The highest BCUT2D eigenvalue weighted by Crippen LogP contribution is 2.33. The maximum absolute atomic E-state index is 13.6. The normalized spacial score (nSPS) is 14.9. The molecule has 7 rings (SSSR count). The average Bonchev–Trinajstić information content (AvgIpc) is 1.78. The number of carbonyl (C=O) groups excluding carboxylic acids is 6. The molecule has 2 N–H and O–H groups in total. The Morgan fingerprint density at radius 3 is 1.71 bits per heavy atom. The van der Waals surface area contributed by atoms with E-state index in [1.807, 2.05) is 24.4 Å². The number of likely N-dealkylation sites (tertiary alicyclic amines) is 1. The first-order valence-corrected chi connectivity index (χ1v) is 28.7. The highest BCUT2D eigenvalue weighted by atomic mass is 16.7. The van der Waals surface area contributed by atoms with Crippen molar-refractivity contribution in [1.82, 2.24) is 39.7 Å². The number of urea groups is 2. The van der Waals surface area contributed by atoms with Crippen LogP contribution >= 0.6 is 0 Å². The highest BCUT2D eigenvalue weighted by molar-refractivity contribution is 6.23. The maximum Gasteiger partial charge on any atom is 0.335 e. The van der Waals surface area contributed by atoms with Crippen LogP contribution in [0.25, 0.3) is 16.9 Å². The number of hydroxylamine groups is 2. The fourth-order valence-corrected chi connectivity index (χ4v) is 8.46. The average molecular weight is 1200 g/mol. The van der Waals surface area contributed by atoms with E-state index in [2.05, 4.69) is 32.9 Å². The molecule has 0 bridgehead atoms. The molecule has 6 heterocycles. The largest absolute Gasteiger partial charge is 0.382 e. The van der Waals surface area contributed by atoms with Crippen molar-refractivity contribution in [3.8, 4) is 11.3 Å². The van der Waals surface area contributed by atoms with Crippen LogP contribution in [0.5, 0.6) is 0 Å². The molecule has 1 aromatic carbocycles. The molecule has 85 heavy (non-hydrogen) atoms. The highest BCUT2D eigenvalue weighted by Gasteiger charge is 2.54. The predicted octanol–water partition coefficient (Wildman–Crippen LogP) is 2.94. The smallest absolute Gasteiger partial charge is 0.335 e. The van der Waals surface area contributed by atoms with Crippen molar-refractivity contribution in [2.45, 2.75) is 57.5 Å². The van der Waals surface area contributed by atoms with E-state index in [-0.39, 0.29) is 37.8 Å². The minimum absolute atomic E-state index is 0.0635. The third kappa shape index (κ3) is 23.6. The number of pyridine rings is 1. The second-order valence-corrected chi connectivity index (χ2v) is 19.1. The molecule has 470 valence electrons. The van der Waals surface area contributed by atoms with E-state index in [4.69, 9.17) is 61.7 Å². The lowest BCUT2D eigenvalue weighted by Crippen LogP contribution is -2.56. The molecule has 29 heteroatoms. The second-order valence-electron chi connectivity index (χ2n) is 19.1. The Kier molecular flexibility index (Phi) is 31.1. The summed E-state index contributed by atoms with van der Waals surface area (Å²) >= 11 is 0. The van der Waals surface area contributed by atoms with Gasteiger partial charge < -0.3 is 77.2 Å². The Bertz CT molecular complexity index is 2600. The lowest BCUT2D eigenvalue weighted by atomic mass is 9.87. The van der Waals surface area contributed by atoms with Gasteiger partial charge in [-0.05, 0) is 43.5 Å². The zero-order valence-corrected chi connectivity index (χ0v) is 48.7. The minimum Gasteiger partial charge on any atom is -0.382 e. The van der Waals surface area contributed by atoms with Crippen LogP contribution in [-0.4, -0.2) is 248 Å². The standard InChI is InChI=1S/C32H39N9O6.C24H43NO13/c1-2-16-45-18-20-47-21-19-46-17-15-39-23-26(36-37-39)24-5-3-6-25(22-24)34-30(43)38-12-9-32(10-13-38)29(42)41(31(44)35-32)28-8-4-7-27-33-11-14-40(27)28;1-29-6-7-31-10-11-33-14-15-35-18-19-37-21-20-36-17-16-34-13-12-32-9-8-30-5-4-24(28)38-25-22(26)2-3-23(25)27/h3-8,11,14,22-23H,2,9-10,12-13,15-21H2,1H3,(H,34,43)(H,35,44);2-21H2,1H3. The van der Waals surface area contributed by atoms with E-state index in [0.717, 1.165) is 18.6 Å². The summed E-state index contributed by atoms with van der Waals surface area (Å²) in [7, 11) is 1.63. The Hall–Kier alpha value is -6.61. The van der Waals surface area contributed by atoms with Crippen molar-refractivity contribution >= 4 is 52.9 Å². The number of piperidine rings is 1. The first kappa shape index (κ1) is 67.5. The number of amides is 7. The first-order valence-electron chi connectivity index (χ1n) is 28.7. The Morgan fingerprint density at radius 1 is 0.635 bits per heavy atom. The number of imidazole rings is 1. The molecule has 29 nitrogen and oxygen atoms in total. The maximum atomic E-state index is 13.6. The van der Waals surface area contributed by atoms with Crippen molar-refractivity contribution in [1.29, 1.82) is 0 Å². The van der Waals surface area contributed by atoms with Crippen LogP contribution in [0.1, 0.15) is 45.4 Å². The quantitative estimate of drug-likeness (QED) is 0.0366. The molecule has 0 saturated carbocycles. The van der Waals surface area contributed by atoms with Crippen LogP contribution in [0, 0.1) is 0 Å². The predicted molar refractivity (Wildman–Crippen MR) is 302 cm³/mol. The summed E-state index contributed by atoms with van der Waals surface area (Å²) in [5.41, 5.74) is 1.65. The summed E-state index contributed by atoms with van der Waals surface area (Å²) in [5.74, 6) is -1.61. The molecular weight excluding hydrogens is 1120 g/mol. The van der Waals surface area contributed by atoms with E-state index >= 15 is 0 Å². The van der Waals surface area contributed by atoms with Gasteiger partial charge in [-0.3, -0.25) is 18.8 Å². The van der Waals surface area contributed by atoms with Gasteiger partial charge in [-0.25, -0.2) is 28.9 Å². The third-order valence-electron chi connectivity index (χ3n) is 12.9. The van der Waals surface area contributed by atoms with Gasteiger partial charge >= 0.3 is 18.0 Å². The van der Waals surface area contributed by atoms with E-state index < -0.39 is 29.4 Å². The first-order chi connectivity index (χ1) is 41.6. The molecule has 3 aliphatic rings. The number of aromatic nitrogens is 5. The van der Waals surface area contributed by atoms with Gasteiger partial charge in [0.25, 0.3) is 17.7 Å². The number of nitrogens with zero attached hydrogens (tertiary/aromatic N) is 8. The van der Waals surface area contributed by atoms with Gasteiger partial charge in [-0.2, -0.15) is 0 Å². The van der Waals surface area contributed by atoms with E-state index in [9.17, 15) is 28.8 Å². The number of benzene rings is 1. The van der Waals surface area contributed by atoms with Crippen LogP contribution in [0.4, 0.5) is 21.1 Å².